The van der Waals surface area contributed by atoms with Crippen LogP contribution in [0.4, 0.5) is 10.1 Å². The van der Waals surface area contributed by atoms with Gasteiger partial charge in [0.15, 0.2) is 11.0 Å². The zero-order valence-corrected chi connectivity index (χ0v) is 19.8. The van der Waals surface area contributed by atoms with Gasteiger partial charge in [0.1, 0.15) is 11.6 Å². The molecule has 1 amide bonds. The first kappa shape index (κ1) is 23.5. The first-order chi connectivity index (χ1) is 16.5. The lowest BCUT2D eigenvalue weighted by Crippen LogP contribution is -2.23. The van der Waals surface area contributed by atoms with E-state index in [9.17, 15) is 9.18 Å². The van der Waals surface area contributed by atoms with Gasteiger partial charge in [0.05, 0.1) is 17.9 Å². The maximum absolute atomic E-state index is 13.2. The number of aromatic nitrogens is 3. The van der Waals surface area contributed by atoms with Crippen molar-refractivity contribution in [1.29, 1.82) is 0 Å². The third kappa shape index (κ3) is 5.63. The van der Waals surface area contributed by atoms with Gasteiger partial charge in [0.2, 0.25) is 5.91 Å². The molecule has 0 bridgehead atoms. The molecule has 34 heavy (non-hydrogen) atoms. The molecule has 174 valence electrons. The molecule has 1 heterocycles. The number of carbonyl (C=O) groups is 1. The molecule has 4 aromatic rings. The second-order valence-corrected chi connectivity index (χ2v) is 8.96. The molecule has 3 aromatic carbocycles. The molecule has 0 aliphatic carbocycles. The number of hydrogen-bond acceptors (Lipinski definition) is 5. The number of amides is 1. The van der Waals surface area contributed by atoms with E-state index in [0.29, 0.717) is 29.0 Å². The van der Waals surface area contributed by atoms with E-state index in [1.165, 1.54) is 41.6 Å². The van der Waals surface area contributed by atoms with Gasteiger partial charge in [-0.25, -0.2) is 4.39 Å². The van der Waals surface area contributed by atoms with Crippen LogP contribution in [-0.4, -0.2) is 33.0 Å². The van der Waals surface area contributed by atoms with Gasteiger partial charge < -0.3 is 14.6 Å². The zero-order chi connectivity index (χ0) is 23.9. The highest BCUT2D eigenvalue weighted by Gasteiger charge is 2.22. The number of nitrogens with zero attached hydrogens (tertiary/aromatic N) is 3. The molecule has 1 N–H and O–H groups in total. The maximum Gasteiger partial charge on any atom is 0.237 e. The summed E-state index contributed by atoms with van der Waals surface area (Å²) in [6, 6.07) is 23.5. The van der Waals surface area contributed by atoms with Crippen LogP contribution in [0.25, 0.3) is 11.4 Å². The topological polar surface area (TPSA) is 69.0 Å². The van der Waals surface area contributed by atoms with Crippen LogP contribution in [-0.2, 0) is 17.8 Å². The van der Waals surface area contributed by atoms with E-state index in [-0.39, 0.29) is 11.7 Å². The lowest BCUT2D eigenvalue weighted by atomic mass is 10.1. The highest BCUT2D eigenvalue weighted by molar-refractivity contribution is 8.00. The van der Waals surface area contributed by atoms with Gasteiger partial charge in [-0.3, -0.25) is 4.79 Å². The molecule has 0 saturated carbocycles. The van der Waals surface area contributed by atoms with E-state index in [0.717, 1.165) is 12.0 Å². The summed E-state index contributed by atoms with van der Waals surface area (Å²) in [5.41, 5.74) is 2.57. The second-order valence-electron chi connectivity index (χ2n) is 7.65. The summed E-state index contributed by atoms with van der Waals surface area (Å²) in [5.74, 6) is 0.834. The summed E-state index contributed by atoms with van der Waals surface area (Å²) in [7, 11) is 1.63. The highest BCUT2D eigenvalue weighted by atomic mass is 32.2. The zero-order valence-electron chi connectivity index (χ0n) is 18.9. The van der Waals surface area contributed by atoms with Crippen molar-refractivity contribution in [3.63, 3.8) is 0 Å². The molecule has 1 unspecified atom stereocenters. The molecule has 1 aromatic heterocycles. The minimum absolute atomic E-state index is 0.201. The number of anilines is 1. The Bertz CT molecular complexity index is 1250. The predicted octanol–water partition coefficient (Wildman–Crippen LogP) is 5.45. The Morgan fingerprint density at radius 2 is 1.74 bits per heavy atom. The van der Waals surface area contributed by atoms with E-state index < -0.39 is 5.25 Å². The summed E-state index contributed by atoms with van der Waals surface area (Å²) in [6.45, 7) is 2.45. The van der Waals surface area contributed by atoms with E-state index in [2.05, 4.69) is 27.6 Å². The van der Waals surface area contributed by atoms with Gasteiger partial charge in [-0.2, -0.15) is 0 Å². The maximum atomic E-state index is 13.2. The molecule has 0 saturated heterocycles. The van der Waals surface area contributed by atoms with Crippen LogP contribution in [0.15, 0.2) is 84.0 Å². The van der Waals surface area contributed by atoms with Crippen molar-refractivity contribution < 1.29 is 13.9 Å². The summed E-state index contributed by atoms with van der Waals surface area (Å²) in [6.07, 6.45) is 0.782. The van der Waals surface area contributed by atoms with Gasteiger partial charge in [-0.15, -0.1) is 10.2 Å². The number of benzene rings is 3. The quantitative estimate of drug-likeness (QED) is 0.325. The Morgan fingerprint density at radius 3 is 2.47 bits per heavy atom. The van der Waals surface area contributed by atoms with Crippen LogP contribution in [0.2, 0.25) is 0 Å². The second kappa shape index (κ2) is 11.0. The van der Waals surface area contributed by atoms with Crippen molar-refractivity contribution >= 4 is 23.4 Å². The SMILES string of the molecule is COc1ccccc1-c1nnc(SC(C)C(=O)Nc2ccc(F)cc2)n1CCc1ccccc1. The van der Waals surface area contributed by atoms with E-state index in [1.807, 2.05) is 54.0 Å². The largest absolute Gasteiger partial charge is 0.496 e. The highest BCUT2D eigenvalue weighted by Crippen LogP contribution is 2.32. The molecule has 8 heteroatoms. The smallest absolute Gasteiger partial charge is 0.237 e. The fourth-order valence-corrected chi connectivity index (χ4v) is 4.36. The number of halogens is 1. The standard InChI is InChI=1S/C26H25FN4O2S/c1-18(25(32)28-21-14-12-20(27)13-15-21)34-26-30-29-24(22-10-6-7-11-23(22)33-2)31(26)17-16-19-8-4-3-5-9-19/h3-15,18H,16-17H2,1-2H3,(H,28,32). The number of para-hydroxylation sites is 1. The Balaban J connectivity index is 1.58. The number of carbonyl (C=O) groups excluding carboxylic acids is 1. The molecule has 0 fully saturated rings. The van der Waals surface area contributed by atoms with Crippen molar-refractivity contribution in [2.24, 2.45) is 0 Å². The fourth-order valence-electron chi connectivity index (χ4n) is 3.48. The number of thioether (sulfide) groups is 1. The average molecular weight is 477 g/mol. The molecule has 4 rings (SSSR count). The first-order valence-electron chi connectivity index (χ1n) is 10.9. The third-order valence-electron chi connectivity index (χ3n) is 5.29. The van der Waals surface area contributed by atoms with Crippen molar-refractivity contribution in [3.05, 3.63) is 90.2 Å². The van der Waals surface area contributed by atoms with Crippen LogP contribution in [0.1, 0.15) is 12.5 Å². The van der Waals surface area contributed by atoms with Gasteiger partial charge in [-0.1, -0.05) is 54.2 Å². The van der Waals surface area contributed by atoms with E-state index in [4.69, 9.17) is 4.74 Å². The van der Waals surface area contributed by atoms with Crippen LogP contribution in [0.5, 0.6) is 5.75 Å². The van der Waals surface area contributed by atoms with Crippen molar-refractivity contribution in [2.75, 3.05) is 12.4 Å². The third-order valence-corrected chi connectivity index (χ3v) is 6.38. The van der Waals surface area contributed by atoms with Crippen molar-refractivity contribution in [2.45, 2.75) is 30.3 Å². The predicted molar refractivity (Wildman–Crippen MR) is 133 cm³/mol. The van der Waals surface area contributed by atoms with Gasteiger partial charge in [-0.05, 0) is 55.3 Å². The molecular weight excluding hydrogens is 451 g/mol. The average Bonchev–Trinajstić information content (AvgIpc) is 3.26. The summed E-state index contributed by atoms with van der Waals surface area (Å²) in [4.78, 5) is 12.8. The fraction of sp³-hybridized carbons (Fsp3) is 0.192. The first-order valence-corrected chi connectivity index (χ1v) is 11.8. The molecule has 0 radical (unpaired) electrons. The van der Waals surface area contributed by atoms with Crippen LogP contribution >= 0.6 is 11.8 Å². The van der Waals surface area contributed by atoms with Crippen LogP contribution in [0.3, 0.4) is 0 Å². The molecule has 0 spiro atoms. The number of hydrogen-bond donors (Lipinski definition) is 1. The minimum atomic E-state index is -0.449. The lowest BCUT2D eigenvalue weighted by Gasteiger charge is -2.15. The van der Waals surface area contributed by atoms with Gasteiger partial charge in [0, 0.05) is 12.2 Å². The molecular formula is C26H25FN4O2S. The molecule has 0 aliphatic rings. The number of nitrogens with one attached hydrogen (secondary N) is 1. The van der Waals surface area contributed by atoms with Gasteiger partial charge >= 0.3 is 0 Å². The number of ether oxygens (including phenoxy) is 1. The molecule has 6 nitrogen and oxygen atoms in total. The monoisotopic (exact) mass is 476 g/mol. The number of rotatable bonds is 9. The summed E-state index contributed by atoms with van der Waals surface area (Å²) < 4.78 is 20.7. The Labute approximate surface area is 202 Å². The van der Waals surface area contributed by atoms with Crippen molar-refractivity contribution in [3.8, 4) is 17.1 Å². The molecule has 0 aliphatic heterocycles. The van der Waals surface area contributed by atoms with Crippen LogP contribution < -0.4 is 10.1 Å². The normalized spacial score (nSPS) is 11.7. The Kier molecular flexibility index (Phi) is 7.59. The Morgan fingerprint density at radius 1 is 1.03 bits per heavy atom. The van der Waals surface area contributed by atoms with Crippen LogP contribution in [0, 0.1) is 5.82 Å². The number of methoxy groups -OCH3 is 1. The summed E-state index contributed by atoms with van der Waals surface area (Å²) >= 11 is 1.33. The van der Waals surface area contributed by atoms with E-state index in [1.54, 1.807) is 7.11 Å². The minimum Gasteiger partial charge on any atom is -0.496 e. The summed E-state index contributed by atoms with van der Waals surface area (Å²) in [5, 5.41) is 11.9. The Hall–Kier alpha value is -3.65. The van der Waals surface area contributed by atoms with Gasteiger partial charge in [0.25, 0.3) is 0 Å². The number of aryl methyl sites for hydroxylation is 1. The molecule has 1 atom stereocenters. The van der Waals surface area contributed by atoms with E-state index >= 15 is 0 Å². The van der Waals surface area contributed by atoms with Crippen molar-refractivity contribution in [1.82, 2.24) is 14.8 Å². The lowest BCUT2D eigenvalue weighted by molar-refractivity contribution is -0.115.